The maximum absolute atomic E-state index is 11.3. The topological polar surface area (TPSA) is 85.1 Å². The van der Waals surface area contributed by atoms with Gasteiger partial charge in [-0.05, 0) is 41.1 Å². The van der Waals surface area contributed by atoms with Gasteiger partial charge in [-0.25, -0.2) is 18.5 Å². The standard InChI is InChI=1S/C19H15N3O2S2/c20-26(23,24)17-9-7-16(8-10-17)21-19-22-18(12-25-19)15-6-5-13-3-1-2-4-14(13)11-15/h1-12H,(H,21,22)(H2,20,23,24). The Kier molecular flexibility index (Phi) is 4.20. The predicted octanol–water partition coefficient (Wildman–Crippen LogP) is 4.35. The Balaban J connectivity index is 1.57. The van der Waals surface area contributed by atoms with Gasteiger partial charge in [0.05, 0.1) is 10.6 Å². The average molecular weight is 381 g/mol. The minimum Gasteiger partial charge on any atom is -0.332 e. The van der Waals surface area contributed by atoms with Gasteiger partial charge in [0.25, 0.3) is 0 Å². The molecule has 0 aliphatic rings. The predicted molar refractivity (Wildman–Crippen MR) is 106 cm³/mol. The Morgan fingerprint density at radius 1 is 0.923 bits per heavy atom. The van der Waals surface area contributed by atoms with E-state index in [-0.39, 0.29) is 4.90 Å². The molecule has 0 aliphatic carbocycles. The Bertz CT molecular complexity index is 1180. The van der Waals surface area contributed by atoms with Crippen molar-refractivity contribution in [2.75, 3.05) is 5.32 Å². The number of nitrogens with zero attached hydrogens (tertiary/aromatic N) is 1. The molecule has 0 spiro atoms. The van der Waals surface area contributed by atoms with E-state index in [9.17, 15) is 8.42 Å². The number of aromatic nitrogens is 1. The molecule has 0 saturated heterocycles. The highest BCUT2D eigenvalue weighted by Gasteiger charge is 2.09. The van der Waals surface area contributed by atoms with Gasteiger partial charge in [-0.2, -0.15) is 0 Å². The number of primary sulfonamides is 1. The van der Waals surface area contributed by atoms with Gasteiger partial charge < -0.3 is 5.32 Å². The molecule has 3 N–H and O–H groups in total. The first-order valence-electron chi connectivity index (χ1n) is 7.84. The van der Waals surface area contributed by atoms with Crippen LogP contribution in [0.25, 0.3) is 22.0 Å². The van der Waals surface area contributed by atoms with E-state index in [0.29, 0.717) is 0 Å². The summed E-state index contributed by atoms with van der Waals surface area (Å²) >= 11 is 1.49. The lowest BCUT2D eigenvalue weighted by atomic mass is 10.1. The number of rotatable bonds is 4. The number of anilines is 2. The molecule has 0 bridgehead atoms. The normalized spacial score (nSPS) is 11.6. The van der Waals surface area contributed by atoms with Gasteiger partial charge in [-0.15, -0.1) is 11.3 Å². The van der Waals surface area contributed by atoms with Crippen molar-refractivity contribution in [2.24, 2.45) is 5.14 Å². The molecule has 1 aromatic heterocycles. The molecule has 0 amide bonds. The van der Waals surface area contributed by atoms with Crippen molar-refractivity contribution >= 4 is 43.0 Å². The van der Waals surface area contributed by atoms with Crippen LogP contribution in [0.4, 0.5) is 10.8 Å². The van der Waals surface area contributed by atoms with E-state index in [0.717, 1.165) is 22.1 Å². The van der Waals surface area contributed by atoms with Crippen molar-refractivity contribution in [3.63, 3.8) is 0 Å². The van der Waals surface area contributed by atoms with E-state index < -0.39 is 10.0 Å². The smallest absolute Gasteiger partial charge is 0.238 e. The summed E-state index contributed by atoms with van der Waals surface area (Å²) in [6, 6.07) is 20.7. The van der Waals surface area contributed by atoms with Crippen LogP contribution >= 0.6 is 11.3 Å². The van der Waals surface area contributed by atoms with Crippen molar-refractivity contribution in [2.45, 2.75) is 4.90 Å². The van der Waals surface area contributed by atoms with Gasteiger partial charge in [-0.1, -0.05) is 36.4 Å². The van der Waals surface area contributed by atoms with E-state index in [2.05, 4.69) is 40.6 Å². The van der Waals surface area contributed by atoms with Crippen molar-refractivity contribution in [1.82, 2.24) is 4.98 Å². The van der Waals surface area contributed by atoms with Crippen molar-refractivity contribution in [3.8, 4) is 11.3 Å². The summed E-state index contributed by atoms with van der Waals surface area (Å²) in [6.45, 7) is 0. The van der Waals surface area contributed by atoms with E-state index in [1.54, 1.807) is 12.1 Å². The second-order valence-corrected chi connectivity index (χ2v) is 8.21. The fourth-order valence-corrected chi connectivity index (χ4v) is 3.92. The fourth-order valence-electron chi connectivity index (χ4n) is 2.66. The molecule has 5 nitrogen and oxygen atoms in total. The third kappa shape index (κ3) is 3.45. The molecule has 26 heavy (non-hydrogen) atoms. The third-order valence-corrected chi connectivity index (χ3v) is 5.67. The number of nitrogens with two attached hydrogens (primary N) is 1. The summed E-state index contributed by atoms with van der Waals surface area (Å²) in [5, 5.41) is 13.4. The van der Waals surface area contributed by atoms with Crippen LogP contribution in [-0.4, -0.2) is 13.4 Å². The zero-order valence-electron chi connectivity index (χ0n) is 13.6. The summed E-state index contributed by atoms with van der Waals surface area (Å²) in [6.07, 6.45) is 0. The van der Waals surface area contributed by atoms with Crippen LogP contribution in [-0.2, 0) is 10.0 Å². The summed E-state index contributed by atoms with van der Waals surface area (Å²) in [7, 11) is -3.68. The highest BCUT2D eigenvalue weighted by molar-refractivity contribution is 7.89. The largest absolute Gasteiger partial charge is 0.332 e. The summed E-state index contributed by atoms with van der Waals surface area (Å²) < 4.78 is 22.6. The molecular weight excluding hydrogens is 366 g/mol. The van der Waals surface area contributed by atoms with E-state index in [1.807, 2.05) is 17.5 Å². The molecular formula is C19H15N3O2S2. The molecule has 1 heterocycles. The second-order valence-electron chi connectivity index (χ2n) is 5.79. The first-order chi connectivity index (χ1) is 12.5. The molecule has 130 valence electrons. The lowest BCUT2D eigenvalue weighted by molar-refractivity contribution is 0.598. The summed E-state index contributed by atoms with van der Waals surface area (Å²) in [4.78, 5) is 4.70. The van der Waals surface area contributed by atoms with Gasteiger partial charge in [0.1, 0.15) is 0 Å². The Morgan fingerprint density at radius 3 is 2.38 bits per heavy atom. The van der Waals surface area contributed by atoms with Gasteiger partial charge in [0.2, 0.25) is 10.0 Å². The molecule has 0 unspecified atom stereocenters. The number of sulfonamides is 1. The molecule has 4 rings (SSSR count). The van der Waals surface area contributed by atoms with Crippen molar-refractivity contribution < 1.29 is 8.42 Å². The second kappa shape index (κ2) is 6.53. The average Bonchev–Trinajstić information content (AvgIpc) is 3.09. The van der Waals surface area contributed by atoms with Gasteiger partial charge in [0, 0.05) is 16.6 Å². The van der Waals surface area contributed by atoms with Gasteiger partial charge >= 0.3 is 0 Å². The highest BCUT2D eigenvalue weighted by atomic mass is 32.2. The molecule has 4 aromatic rings. The molecule has 7 heteroatoms. The lowest BCUT2D eigenvalue weighted by Gasteiger charge is -2.04. The molecule has 0 fully saturated rings. The first kappa shape index (κ1) is 16.7. The van der Waals surface area contributed by atoms with E-state index in [4.69, 9.17) is 5.14 Å². The van der Waals surface area contributed by atoms with Crippen LogP contribution in [0.15, 0.2) is 77.0 Å². The van der Waals surface area contributed by atoms with Crippen LogP contribution in [0.5, 0.6) is 0 Å². The first-order valence-corrected chi connectivity index (χ1v) is 10.3. The lowest BCUT2D eigenvalue weighted by Crippen LogP contribution is -2.11. The number of fused-ring (bicyclic) bond motifs is 1. The van der Waals surface area contributed by atoms with Crippen LogP contribution in [0.1, 0.15) is 0 Å². The van der Waals surface area contributed by atoms with Crippen LogP contribution < -0.4 is 10.5 Å². The maximum Gasteiger partial charge on any atom is 0.238 e. The van der Waals surface area contributed by atoms with Crippen LogP contribution in [0.3, 0.4) is 0 Å². The summed E-state index contributed by atoms with van der Waals surface area (Å²) in [5.41, 5.74) is 2.69. The van der Waals surface area contributed by atoms with E-state index in [1.165, 1.54) is 34.2 Å². The van der Waals surface area contributed by atoms with Crippen molar-refractivity contribution in [3.05, 3.63) is 72.1 Å². The minimum absolute atomic E-state index is 0.0824. The Labute approximate surface area is 155 Å². The number of benzene rings is 3. The monoisotopic (exact) mass is 381 g/mol. The van der Waals surface area contributed by atoms with Crippen LogP contribution in [0.2, 0.25) is 0 Å². The molecule has 0 atom stereocenters. The SMILES string of the molecule is NS(=O)(=O)c1ccc(Nc2nc(-c3ccc4ccccc4c3)cs2)cc1. The zero-order chi connectivity index (χ0) is 18.1. The zero-order valence-corrected chi connectivity index (χ0v) is 15.2. The molecule has 0 saturated carbocycles. The van der Waals surface area contributed by atoms with Gasteiger partial charge in [-0.3, -0.25) is 0 Å². The molecule has 3 aromatic carbocycles. The number of hydrogen-bond donors (Lipinski definition) is 2. The Morgan fingerprint density at radius 2 is 1.65 bits per heavy atom. The quantitative estimate of drug-likeness (QED) is 0.550. The van der Waals surface area contributed by atoms with Crippen LogP contribution in [0, 0.1) is 0 Å². The molecule has 0 aliphatic heterocycles. The maximum atomic E-state index is 11.3. The number of thiazole rings is 1. The minimum atomic E-state index is -3.68. The van der Waals surface area contributed by atoms with Crippen molar-refractivity contribution in [1.29, 1.82) is 0 Å². The third-order valence-electron chi connectivity index (χ3n) is 3.98. The fraction of sp³-hybridized carbons (Fsp3) is 0. The van der Waals surface area contributed by atoms with Gasteiger partial charge in [0.15, 0.2) is 5.13 Å². The number of nitrogens with one attached hydrogen (secondary N) is 1. The van der Waals surface area contributed by atoms with E-state index >= 15 is 0 Å². The number of hydrogen-bond acceptors (Lipinski definition) is 5. The Hall–Kier alpha value is -2.74. The summed E-state index contributed by atoms with van der Waals surface area (Å²) in [5.74, 6) is 0. The highest BCUT2D eigenvalue weighted by Crippen LogP contribution is 2.29. The molecule has 0 radical (unpaired) electrons.